The monoisotopic (exact) mass is 383 g/mol. The van der Waals surface area contributed by atoms with Crippen molar-refractivity contribution in [2.24, 2.45) is 0 Å². The Morgan fingerprint density at radius 3 is 2.22 bits per heavy atom. The second kappa shape index (κ2) is 9.00. The summed E-state index contributed by atoms with van der Waals surface area (Å²) in [5.41, 5.74) is 2.88. The zero-order chi connectivity index (χ0) is 20.0. The number of hydrogen-bond donors (Lipinski definition) is 2. The van der Waals surface area contributed by atoms with E-state index in [4.69, 9.17) is 12.2 Å². The molecule has 0 aliphatic carbocycles. The molecule has 0 radical (unpaired) electrons. The smallest absolute Gasteiger partial charge is 0.253 e. The average molecular weight is 384 g/mol. The standard InChI is InChI=1S/C22H29N3OS/c1-16(15-22(2,3)18-9-7-6-8-10-18)23-21(27)24-19-13-11-17(12-14-19)20(26)25(4)5/h6-14,16H,15H2,1-5H3,(H2,23,24,27)/t16-/m0/s1. The van der Waals surface area contributed by atoms with E-state index in [2.05, 4.69) is 55.7 Å². The lowest BCUT2D eigenvalue weighted by Crippen LogP contribution is -2.39. The third kappa shape index (κ3) is 6.07. The van der Waals surface area contributed by atoms with Crippen LogP contribution in [0.1, 0.15) is 43.1 Å². The first-order valence-corrected chi connectivity index (χ1v) is 9.54. The highest BCUT2D eigenvalue weighted by atomic mass is 32.1. The zero-order valence-corrected chi connectivity index (χ0v) is 17.6. The van der Waals surface area contributed by atoms with E-state index in [0.717, 1.165) is 12.1 Å². The Labute approximate surface area is 168 Å². The highest BCUT2D eigenvalue weighted by Crippen LogP contribution is 2.28. The first-order valence-electron chi connectivity index (χ1n) is 9.14. The molecule has 0 heterocycles. The van der Waals surface area contributed by atoms with Gasteiger partial charge in [0.05, 0.1) is 0 Å². The van der Waals surface area contributed by atoms with Gasteiger partial charge in [0.15, 0.2) is 5.11 Å². The Bertz CT molecular complexity index is 770. The summed E-state index contributed by atoms with van der Waals surface area (Å²) >= 11 is 5.45. The summed E-state index contributed by atoms with van der Waals surface area (Å²) in [6.07, 6.45) is 0.953. The zero-order valence-electron chi connectivity index (χ0n) is 16.7. The van der Waals surface area contributed by atoms with Crippen LogP contribution in [-0.2, 0) is 5.41 Å². The topological polar surface area (TPSA) is 44.4 Å². The van der Waals surface area contributed by atoms with Gasteiger partial charge in [-0.3, -0.25) is 4.79 Å². The summed E-state index contributed by atoms with van der Waals surface area (Å²) in [7, 11) is 3.48. The lowest BCUT2D eigenvalue weighted by Gasteiger charge is -2.29. The minimum absolute atomic E-state index is 0.0148. The minimum Gasteiger partial charge on any atom is -0.360 e. The molecular weight excluding hydrogens is 354 g/mol. The predicted octanol–water partition coefficient (Wildman–Crippen LogP) is 4.43. The number of thiocarbonyl (C=S) groups is 1. The second-order valence-corrected chi connectivity index (χ2v) is 8.14. The van der Waals surface area contributed by atoms with Crippen LogP contribution in [-0.4, -0.2) is 36.1 Å². The van der Waals surface area contributed by atoms with E-state index in [-0.39, 0.29) is 17.4 Å². The molecule has 1 amide bonds. The Balaban J connectivity index is 1.90. The van der Waals surface area contributed by atoms with Gasteiger partial charge in [-0.05, 0) is 60.8 Å². The summed E-state index contributed by atoms with van der Waals surface area (Å²) in [6.45, 7) is 6.63. The van der Waals surface area contributed by atoms with E-state index in [1.54, 1.807) is 31.1 Å². The third-order valence-electron chi connectivity index (χ3n) is 4.55. The van der Waals surface area contributed by atoms with Crippen LogP contribution in [0.4, 0.5) is 5.69 Å². The van der Waals surface area contributed by atoms with Crippen molar-refractivity contribution in [1.82, 2.24) is 10.2 Å². The van der Waals surface area contributed by atoms with Gasteiger partial charge < -0.3 is 15.5 Å². The number of carbonyl (C=O) groups excluding carboxylic acids is 1. The predicted molar refractivity (Wildman–Crippen MR) is 117 cm³/mol. The first-order chi connectivity index (χ1) is 12.7. The molecule has 0 aliphatic heterocycles. The van der Waals surface area contributed by atoms with Gasteiger partial charge in [-0.15, -0.1) is 0 Å². The van der Waals surface area contributed by atoms with Crippen molar-refractivity contribution >= 4 is 28.9 Å². The van der Waals surface area contributed by atoms with Gasteiger partial charge in [-0.25, -0.2) is 0 Å². The maximum atomic E-state index is 11.9. The lowest BCUT2D eigenvalue weighted by atomic mass is 9.79. The van der Waals surface area contributed by atoms with Crippen LogP contribution < -0.4 is 10.6 Å². The van der Waals surface area contributed by atoms with Crippen molar-refractivity contribution in [3.8, 4) is 0 Å². The van der Waals surface area contributed by atoms with Crippen LogP contribution in [0.5, 0.6) is 0 Å². The van der Waals surface area contributed by atoms with Crippen molar-refractivity contribution in [2.45, 2.75) is 38.6 Å². The van der Waals surface area contributed by atoms with Crippen molar-refractivity contribution in [3.63, 3.8) is 0 Å². The average Bonchev–Trinajstić information content (AvgIpc) is 2.61. The van der Waals surface area contributed by atoms with Gasteiger partial charge in [0, 0.05) is 31.4 Å². The van der Waals surface area contributed by atoms with Crippen LogP contribution in [0, 0.1) is 0 Å². The molecule has 2 aromatic carbocycles. The number of nitrogens with one attached hydrogen (secondary N) is 2. The molecule has 0 spiro atoms. The molecule has 1 atom stereocenters. The van der Waals surface area contributed by atoms with Gasteiger partial charge in [0.1, 0.15) is 0 Å². The van der Waals surface area contributed by atoms with Crippen LogP contribution in [0.15, 0.2) is 54.6 Å². The Kier molecular flexibility index (Phi) is 6.97. The highest BCUT2D eigenvalue weighted by molar-refractivity contribution is 7.80. The highest BCUT2D eigenvalue weighted by Gasteiger charge is 2.23. The maximum absolute atomic E-state index is 11.9. The van der Waals surface area contributed by atoms with E-state index >= 15 is 0 Å². The van der Waals surface area contributed by atoms with E-state index < -0.39 is 0 Å². The second-order valence-electron chi connectivity index (χ2n) is 7.73. The van der Waals surface area contributed by atoms with Gasteiger partial charge in [-0.1, -0.05) is 44.2 Å². The summed E-state index contributed by atoms with van der Waals surface area (Å²) in [6, 6.07) is 18.1. The quantitative estimate of drug-likeness (QED) is 0.724. The lowest BCUT2D eigenvalue weighted by molar-refractivity contribution is 0.0827. The summed E-state index contributed by atoms with van der Waals surface area (Å²) in [5, 5.41) is 7.13. The van der Waals surface area contributed by atoms with E-state index in [0.29, 0.717) is 10.7 Å². The molecule has 0 saturated carbocycles. The Hall–Kier alpha value is -2.40. The van der Waals surface area contributed by atoms with Gasteiger partial charge in [-0.2, -0.15) is 0 Å². The molecule has 0 aromatic heterocycles. The summed E-state index contributed by atoms with van der Waals surface area (Å²) < 4.78 is 0. The molecule has 27 heavy (non-hydrogen) atoms. The molecule has 0 aliphatic rings. The number of carbonyl (C=O) groups is 1. The van der Waals surface area contributed by atoms with Crippen LogP contribution in [0.2, 0.25) is 0 Å². The number of rotatable bonds is 6. The Morgan fingerprint density at radius 2 is 1.67 bits per heavy atom. The van der Waals surface area contributed by atoms with E-state index in [1.807, 2.05) is 18.2 Å². The minimum atomic E-state index is -0.0148. The van der Waals surface area contributed by atoms with E-state index in [1.165, 1.54) is 5.56 Å². The summed E-state index contributed by atoms with van der Waals surface area (Å²) in [4.78, 5) is 13.5. The van der Waals surface area contributed by atoms with Gasteiger partial charge in [0.2, 0.25) is 0 Å². The SMILES string of the molecule is C[C@@H](CC(C)(C)c1ccccc1)NC(=S)Nc1ccc(C(=O)N(C)C)cc1. The fourth-order valence-corrected chi connectivity index (χ4v) is 3.49. The van der Waals surface area contributed by atoms with Crippen molar-refractivity contribution < 1.29 is 4.79 Å². The van der Waals surface area contributed by atoms with Crippen LogP contribution in [0.25, 0.3) is 0 Å². The third-order valence-corrected chi connectivity index (χ3v) is 4.77. The maximum Gasteiger partial charge on any atom is 0.253 e. The fraction of sp³-hybridized carbons (Fsp3) is 0.364. The molecule has 2 N–H and O–H groups in total. The Morgan fingerprint density at radius 1 is 1.07 bits per heavy atom. The molecule has 2 aromatic rings. The molecular formula is C22H29N3OS. The largest absolute Gasteiger partial charge is 0.360 e. The van der Waals surface area contributed by atoms with Gasteiger partial charge >= 0.3 is 0 Å². The van der Waals surface area contributed by atoms with Crippen molar-refractivity contribution in [1.29, 1.82) is 0 Å². The van der Waals surface area contributed by atoms with Crippen LogP contribution in [0.3, 0.4) is 0 Å². The van der Waals surface area contributed by atoms with Gasteiger partial charge in [0.25, 0.3) is 5.91 Å². The number of amides is 1. The molecule has 0 saturated heterocycles. The number of nitrogens with zero attached hydrogens (tertiary/aromatic N) is 1. The molecule has 5 heteroatoms. The number of benzene rings is 2. The molecule has 0 bridgehead atoms. The first kappa shape index (κ1) is 20.9. The molecule has 0 unspecified atom stereocenters. The molecule has 0 fully saturated rings. The molecule has 4 nitrogen and oxygen atoms in total. The normalized spacial score (nSPS) is 12.2. The van der Waals surface area contributed by atoms with Crippen molar-refractivity contribution in [3.05, 3.63) is 65.7 Å². The molecule has 144 valence electrons. The summed E-state index contributed by atoms with van der Waals surface area (Å²) in [5.74, 6) is -0.0148. The number of hydrogen-bond acceptors (Lipinski definition) is 2. The molecule has 2 rings (SSSR count). The number of anilines is 1. The van der Waals surface area contributed by atoms with Crippen LogP contribution >= 0.6 is 12.2 Å². The van der Waals surface area contributed by atoms with Crippen molar-refractivity contribution in [2.75, 3.05) is 19.4 Å². The van der Waals surface area contributed by atoms with E-state index in [9.17, 15) is 4.79 Å². The fourth-order valence-electron chi connectivity index (χ4n) is 3.17.